The smallest absolute Gasteiger partial charge is 0.00105 e. The van der Waals surface area contributed by atoms with Crippen molar-refractivity contribution in [2.24, 2.45) is 23.2 Å². The van der Waals surface area contributed by atoms with Crippen molar-refractivity contribution in [1.29, 1.82) is 0 Å². The third kappa shape index (κ3) is 1.97. The molecule has 4 aliphatic rings. The fraction of sp³-hybridized carbons (Fsp3) is 1.00. The molecule has 0 atom stereocenters. The normalized spacial score (nSPS) is 47.4. The molecule has 4 rings (SSSR count). The van der Waals surface area contributed by atoms with E-state index in [1.165, 1.54) is 17.9 Å². The predicted octanol–water partition coefficient (Wildman–Crippen LogP) is 4.35. The molecule has 4 fully saturated rings. The van der Waals surface area contributed by atoms with Crippen LogP contribution >= 0.6 is 11.8 Å². The molecule has 4 saturated carbocycles. The molecule has 0 aromatic carbocycles. The second-order valence-corrected chi connectivity index (χ2v) is 7.58. The van der Waals surface area contributed by atoms with Crippen molar-refractivity contribution in [3.63, 3.8) is 0 Å². The van der Waals surface area contributed by atoms with E-state index in [4.69, 9.17) is 0 Å². The summed E-state index contributed by atoms with van der Waals surface area (Å²) in [5.74, 6) is 6.29. The molecule has 0 aliphatic heterocycles. The molecule has 0 unspecified atom stereocenters. The first-order valence-corrected chi connectivity index (χ1v) is 8.03. The minimum atomic E-state index is 0.814. The summed E-state index contributed by atoms with van der Waals surface area (Å²) in [5, 5.41) is 0. The summed E-state index contributed by atoms with van der Waals surface area (Å²) in [5.41, 5.74) is 0.814. The van der Waals surface area contributed by atoms with Crippen LogP contribution in [0.15, 0.2) is 0 Å². The molecule has 0 nitrogen and oxygen atoms in total. The lowest BCUT2D eigenvalue weighted by Gasteiger charge is -2.57. The quantitative estimate of drug-likeness (QED) is 0.640. The Balaban J connectivity index is 1.65. The average Bonchev–Trinajstić information content (AvgIpc) is 2.15. The predicted molar refractivity (Wildman–Crippen MR) is 68.2 cm³/mol. The molecule has 4 aliphatic carbocycles. The highest BCUT2D eigenvalue weighted by Gasteiger charge is 2.50. The van der Waals surface area contributed by atoms with E-state index >= 15 is 0 Å². The van der Waals surface area contributed by atoms with Crippen LogP contribution in [0.25, 0.3) is 0 Å². The molecule has 0 aromatic heterocycles. The summed E-state index contributed by atoms with van der Waals surface area (Å²) in [6, 6.07) is 0. The second-order valence-electron chi connectivity index (χ2n) is 6.47. The van der Waals surface area contributed by atoms with Gasteiger partial charge in [-0.05, 0) is 79.6 Å². The fourth-order valence-electron chi connectivity index (χ4n) is 4.90. The van der Waals surface area contributed by atoms with Gasteiger partial charge in [-0.1, -0.05) is 6.92 Å². The molecule has 0 aromatic rings. The van der Waals surface area contributed by atoms with Crippen LogP contribution in [0.3, 0.4) is 0 Å². The van der Waals surface area contributed by atoms with Crippen LogP contribution in [0.1, 0.15) is 51.9 Å². The summed E-state index contributed by atoms with van der Waals surface area (Å²) < 4.78 is 0. The van der Waals surface area contributed by atoms with E-state index in [0.29, 0.717) is 0 Å². The highest BCUT2D eigenvalue weighted by atomic mass is 32.2. The summed E-state index contributed by atoms with van der Waals surface area (Å²) in [4.78, 5) is 0. The molecular weight excluding hydrogens is 200 g/mol. The Morgan fingerprint density at radius 3 is 2.00 bits per heavy atom. The van der Waals surface area contributed by atoms with Crippen molar-refractivity contribution in [3.8, 4) is 0 Å². The minimum Gasteiger partial charge on any atom is -0.161 e. The molecular formula is C14H24S. The van der Waals surface area contributed by atoms with Gasteiger partial charge in [-0.2, -0.15) is 11.8 Å². The van der Waals surface area contributed by atoms with Gasteiger partial charge in [-0.15, -0.1) is 0 Å². The lowest BCUT2D eigenvalue weighted by molar-refractivity contribution is -0.0381. The van der Waals surface area contributed by atoms with Crippen LogP contribution in [0, 0.1) is 23.2 Å². The summed E-state index contributed by atoms with van der Waals surface area (Å²) >= 11 is 2.24. The number of hydrogen-bond acceptors (Lipinski definition) is 1. The third-order valence-electron chi connectivity index (χ3n) is 4.92. The van der Waals surface area contributed by atoms with Gasteiger partial charge < -0.3 is 0 Å². The molecule has 15 heavy (non-hydrogen) atoms. The van der Waals surface area contributed by atoms with Gasteiger partial charge in [0.25, 0.3) is 0 Å². The summed E-state index contributed by atoms with van der Waals surface area (Å²) in [6.07, 6.45) is 10.9. The average molecular weight is 224 g/mol. The zero-order chi connectivity index (χ0) is 10.3. The minimum absolute atomic E-state index is 0.814. The van der Waals surface area contributed by atoms with E-state index in [9.17, 15) is 0 Å². The molecule has 1 heteroatoms. The van der Waals surface area contributed by atoms with E-state index in [1.807, 2.05) is 0 Å². The van der Waals surface area contributed by atoms with Gasteiger partial charge in [-0.25, -0.2) is 0 Å². The zero-order valence-corrected chi connectivity index (χ0v) is 10.8. The van der Waals surface area contributed by atoms with Crippen LogP contribution in [-0.4, -0.2) is 11.5 Å². The Kier molecular flexibility index (Phi) is 2.79. The van der Waals surface area contributed by atoms with Crippen molar-refractivity contribution < 1.29 is 0 Å². The van der Waals surface area contributed by atoms with Crippen LogP contribution in [0.2, 0.25) is 0 Å². The molecule has 86 valence electrons. The Hall–Kier alpha value is 0.350. The van der Waals surface area contributed by atoms with Crippen LogP contribution in [0.4, 0.5) is 0 Å². The van der Waals surface area contributed by atoms with Gasteiger partial charge in [0.1, 0.15) is 0 Å². The van der Waals surface area contributed by atoms with E-state index in [2.05, 4.69) is 18.7 Å². The van der Waals surface area contributed by atoms with Crippen molar-refractivity contribution in [1.82, 2.24) is 0 Å². The standard InChI is InChI=1S/C14H24S/c1-2-3-15-10-14-7-11-4-12(8-14)6-13(5-11)9-14/h11-13H,2-10H2,1H3. The zero-order valence-electron chi connectivity index (χ0n) is 10.0. The summed E-state index contributed by atoms with van der Waals surface area (Å²) in [6.45, 7) is 2.31. The SMILES string of the molecule is CCCSCC12CC3CC(CC(C3)C1)C2. The maximum atomic E-state index is 2.31. The second kappa shape index (κ2) is 3.98. The van der Waals surface area contributed by atoms with Crippen LogP contribution in [-0.2, 0) is 0 Å². The van der Waals surface area contributed by atoms with E-state index in [-0.39, 0.29) is 0 Å². The molecule has 0 saturated heterocycles. The molecule has 0 spiro atoms. The van der Waals surface area contributed by atoms with Gasteiger partial charge in [-0.3, -0.25) is 0 Å². The molecule has 0 N–H and O–H groups in total. The highest BCUT2D eigenvalue weighted by molar-refractivity contribution is 7.99. The van der Waals surface area contributed by atoms with Gasteiger partial charge in [0.15, 0.2) is 0 Å². The van der Waals surface area contributed by atoms with Gasteiger partial charge in [0.05, 0.1) is 0 Å². The molecule has 4 bridgehead atoms. The van der Waals surface area contributed by atoms with Gasteiger partial charge in [0, 0.05) is 0 Å². The monoisotopic (exact) mass is 224 g/mol. The lowest BCUT2D eigenvalue weighted by atomic mass is 9.50. The van der Waals surface area contributed by atoms with Gasteiger partial charge >= 0.3 is 0 Å². The first-order chi connectivity index (χ1) is 7.30. The van der Waals surface area contributed by atoms with E-state index < -0.39 is 0 Å². The Morgan fingerprint density at radius 2 is 1.53 bits per heavy atom. The highest BCUT2D eigenvalue weighted by Crippen LogP contribution is 2.60. The van der Waals surface area contributed by atoms with E-state index in [0.717, 1.165) is 23.2 Å². The first-order valence-electron chi connectivity index (χ1n) is 6.87. The topological polar surface area (TPSA) is 0 Å². The lowest BCUT2D eigenvalue weighted by Crippen LogP contribution is -2.47. The molecule has 0 amide bonds. The fourth-order valence-corrected chi connectivity index (χ4v) is 6.12. The molecule has 0 radical (unpaired) electrons. The Morgan fingerprint density at radius 1 is 1.00 bits per heavy atom. The molecule has 0 heterocycles. The van der Waals surface area contributed by atoms with Crippen LogP contribution in [0.5, 0.6) is 0 Å². The van der Waals surface area contributed by atoms with Crippen molar-refractivity contribution >= 4 is 11.8 Å². The maximum Gasteiger partial charge on any atom is -0.00105 e. The Bertz CT molecular complexity index is 198. The van der Waals surface area contributed by atoms with Crippen molar-refractivity contribution in [3.05, 3.63) is 0 Å². The van der Waals surface area contributed by atoms with Crippen LogP contribution < -0.4 is 0 Å². The number of hydrogen-bond donors (Lipinski definition) is 0. The van der Waals surface area contributed by atoms with Crippen molar-refractivity contribution in [2.75, 3.05) is 11.5 Å². The van der Waals surface area contributed by atoms with E-state index in [1.54, 1.807) is 38.5 Å². The third-order valence-corrected chi connectivity index (χ3v) is 6.44. The Labute approximate surface area is 98.6 Å². The van der Waals surface area contributed by atoms with Gasteiger partial charge in [0.2, 0.25) is 0 Å². The van der Waals surface area contributed by atoms with Crippen molar-refractivity contribution in [2.45, 2.75) is 51.9 Å². The summed E-state index contributed by atoms with van der Waals surface area (Å²) in [7, 11) is 0. The number of thioether (sulfide) groups is 1. The largest absolute Gasteiger partial charge is 0.161 e. The maximum absolute atomic E-state index is 2.31. The first kappa shape index (κ1) is 10.5. The number of rotatable bonds is 4.